The summed E-state index contributed by atoms with van der Waals surface area (Å²) >= 11 is 7.20. The van der Waals surface area contributed by atoms with E-state index in [1.807, 2.05) is 45.0 Å². The van der Waals surface area contributed by atoms with E-state index >= 15 is 0 Å². The van der Waals surface area contributed by atoms with Crippen molar-refractivity contribution in [2.75, 3.05) is 28.7 Å². The number of nitrogens with one attached hydrogen (secondary N) is 2. The number of hydrogen-bond acceptors (Lipinski definition) is 6. The Morgan fingerprint density at radius 2 is 1.88 bits per heavy atom. The quantitative estimate of drug-likeness (QED) is 0.274. The Kier molecular flexibility index (Phi) is 9.18. The van der Waals surface area contributed by atoms with Gasteiger partial charge in [-0.2, -0.15) is 0 Å². The molecule has 0 fully saturated rings. The standard InChI is InChI=1S/C26H35N3O2S2/c1-16(2)26(31)29-20-10-8-19(9-11-20)28-23-6-4-5-22-21(23)12-7-18(25(22)27)13-24(32)33-15-17(3)14-30/h7-12,16-17,23,28,30H,4-6,13-15,27H2,1-3H3,(H,29,31). The van der Waals surface area contributed by atoms with Crippen LogP contribution in [0.1, 0.15) is 56.3 Å². The monoisotopic (exact) mass is 485 g/mol. The molecule has 2 aromatic carbocycles. The fourth-order valence-corrected chi connectivity index (χ4v) is 5.10. The van der Waals surface area contributed by atoms with Crippen molar-refractivity contribution in [1.29, 1.82) is 0 Å². The summed E-state index contributed by atoms with van der Waals surface area (Å²) in [5, 5.41) is 15.8. The normalized spacial score (nSPS) is 16.2. The topological polar surface area (TPSA) is 87.4 Å². The molecule has 3 rings (SSSR count). The maximum atomic E-state index is 11.9. The Bertz CT molecular complexity index is 976. The van der Waals surface area contributed by atoms with Crippen molar-refractivity contribution >= 4 is 51.1 Å². The second kappa shape index (κ2) is 11.9. The third kappa shape index (κ3) is 6.95. The highest BCUT2D eigenvalue weighted by molar-refractivity contribution is 8.23. The molecule has 178 valence electrons. The number of nitrogens with two attached hydrogens (primary N) is 1. The van der Waals surface area contributed by atoms with Crippen LogP contribution in [-0.4, -0.2) is 27.6 Å². The van der Waals surface area contributed by atoms with Crippen LogP contribution in [0.25, 0.3) is 0 Å². The summed E-state index contributed by atoms with van der Waals surface area (Å²) < 4.78 is 0.914. The summed E-state index contributed by atoms with van der Waals surface area (Å²) in [6.45, 7) is 5.96. The molecule has 33 heavy (non-hydrogen) atoms. The molecule has 0 aromatic heterocycles. The lowest BCUT2D eigenvalue weighted by molar-refractivity contribution is -0.118. The van der Waals surface area contributed by atoms with Crippen LogP contribution in [-0.2, 0) is 17.6 Å². The van der Waals surface area contributed by atoms with Gasteiger partial charge in [0, 0.05) is 41.8 Å². The van der Waals surface area contributed by atoms with Gasteiger partial charge in [0.25, 0.3) is 0 Å². The molecule has 1 aliphatic carbocycles. The molecule has 0 saturated heterocycles. The molecule has 2 atom stereocenters. The number of thiocarbonyl (C=S) groups is 1. The van der Waals surface area contributed by atoms with E-state index < -0.39 is 0 Å². The Morgan fingerprint density at radius 1 is 1.18 bits per heavy atom. The lowest BCUT2D eigenvalue weighted by atomic mass is 9.84. The van der Waals surface area contributed by atoms with Crippen molar-refractivity contribution in [1.82, 2.24) is 0 Å². The molecular formula is C26H35N3O2S2. The summed E-state index contributed by atoms with van der Waals surface area (Å²) in [7, 11) is 0. The van der Waals surface area contributed by atoms with Gasteiger partial charge >= 0.3 is 0 Å². The molecular weight excluding hydrogens is 450 g/mol. The van der Waals surface area contributed by atoms with Crippen molar-refractivity contribution in [3.63, 3.8) is 0 Å². The van der Waals surface area contributed by atoms with E-state index in [0.29, 0.717) is 6.42 Å². The van der Waals surface area contributed by atoms with Crippen LogP contribution < -0.4 is 16.4 Å². The average Bonchev–Trinajstić information content (AvgIpc) is 2.80. The molecule has 0 aliphatic heterocycles. The minimum Gasteiger partial charge on any atom is -0.398 e. The molecule has 5 N–H and O–H groups in total. The second-order valence-corrected chi connectivity index (χ2v) is 11.0. The fraction of sp³-hybridized carbons (Fsp3) is 0.462. The minimum absolute atomic E-state index is 0.0176. The first-order valence-electron chi connectivity index (χ1n) is 11.6. The molecule has 5 nitrogen and oxygen atoms in total. The molecule has 2 unspecified atom stereocenters. The third-order valence-corrected chi connectivity index (χ3v) is 7.67. The molecule has 2 aromatic rings. The van der Waals surface area contributed by atoms with Crippen molar-refractivity contribution in [2.45, 2.75) is 52.5 Å². The number of nitrogen functional groups attached to an aromatic ring is 1. The molecule has 0 radical (unpaired) electrons. The highest BCUT2D eigenvalue weighted by Crippen LogP contribution is 2.37. The van der Waals surface area contributed by atoms with Crippen LogP contribution in [0.5, 0.6) is 0 Å². The van der Waals surface area contributed by atoms with Crippen molar-refractivity contribution in [2.24, 2.45) is 11.8 Å². The third-order valence-electron chi connectivity index (χ3n) is 5.97. The number of fused-ring (bicyclic) bond motifs is 1. The van der Waals surface area contributed by atoms with Gasteiger partial charge in [0.1, 0.15) is 0 Å². The van der Waals surface area contributed by atoms with Crippen molar-refractivity contribution in [3.8, 4) is 0 Å². The highest BCUT2D eigenvalue weighted by atomic mass is 32.2. The first kappa shape index (κ1) is 25.5. The molecule has 0 heterocycles. The molecule has 0 saturated carbocycles. The number of aliphatic hydroxyl groups is 1. The summed E-state index contributed by atoms with van der Waals surface area (Å²) in [5.74, 6) is 1.03. The minimum atomic E-state index is -0.0473. The number of carbonyl (C=O) groups excluding carboxylic acids is 1. The van der Waals surface area contributed by atoms with Crippen molar-refractivity contribution < 1.29 is 9.90 Å². The van der Waals surface area contributed by atoms with Gasteiger partial charge in [-0.3, -0.25) is 4.79 Å². The second-order valence-electron chi connectivity index (χ2n) is 9.16. The predicted molar refractivity (Wildman–Crippen MR) is 145 cm³/mol. The molecule has 0 spiro atoms. The van der Waals surface area contributed by atoms with E-state index in [4.69, 9.17) is 18.0 Å². The van der Waals surface area contributed by atoms with Gasteiger partial charge in [-0.15, -0.1) is 11.8 Å². The van der Waals surface area contributed by atoms with Crippen molar-refractivity contribution in [3.05, 3.63) is 53.1 Å². The Hall–Kier alpha value is -2.09. The van der Waals surface area contributed by atoms with Gasteiger partial charge in [0.15, 0.2) is 0 Å². The van der Waals surface area contributed by atoms with Crippen LogP contribution in [0.3, 0.4) is 0 Å². The van der Waals surface area contributed by atoms with Crippen LogP contribution >= 0.6 is 24.0 Å². The van der Waals surface area contributed by atoms with Gasteiger partial charge in [0.2, 0.25) is 5.91 Å². The number of hydrogen-bond donors (Lipinski definition) is 4. The zero-order valence-electron chi connectivity index (χ0n) is 19.7. The van der Waals surface area contributed by atoms with Gasteiger partial charge in [-0.25, -0.2) is 0 Å². The van der Waals surface area contributed by atoms with E-state index in [1.165, 1.54) is 11.1 Å². The number of aliphatic hydroxyl groups excluding tert-OH is 1. The summed E-state index contributed by atoms with van der Waals surface area (Å²) in [5.41, 5.74) is 12.9. The highest BCUT2D eigenvalue weighted by Gasteiger charge is 2.23. The van der Waals surface area contributed by atoms with E-state index in [2.05, 4.69) is 22.8 Å². The summed E-state index contributed by atoms with van der Waals surface area (Å²) in [4.78, 5) is 11.9. The SMILES string of the molecule is CC(CO)CSC(=S)Cc1ccc2c(c1N)CCCC2Nc1ccc(NC(=O)C(C)C)cc1. The first-order chi connectivity index (χ1) is 15.8. The Labute approximate surface area is 206 Å². The van der Waals surface area contributed by atoms with Gasteiger partial charge < -0.3 is 21.5 Å². The molecule has 1 amide bonds. The van der Waals surface area contributed by atoms with Gasteiger partial charge in [-0.05, 0) is 66.1 Å². The van der Waals surface area contributed by atoms with E-state index in [9.17, 15) is 9.90 Å². The molecule has 1 aliphatic rings. The Balaban J connectivity index is 1.67. The smallest absolute Gasteiger partial charge is 0.226 e. The number of carbonyl (C=O) groups is 1. The number of thioether (sulfide) groups is 1. The number of anilines is 3. The lowest BCUT2D eigenvalue weighted by Crippen LogP contribution is -2.20. The largest absolute Gasteiger partial charge is 0.398 e. The van der Waals surface area contributed by atoms with Crippen LogP contribution in [0, 0.1) is 11.8 Å². The number of benzene rings is 2. The maximum Gasteiger partial charge on any atom is 0.226 e. The summed E-state index contributed by atoms with van der Waals surface area (Å²) in [6, 6.07) is 12.4. The summed E-state index contributed by atoms with van der Waals surface area (Å²) in [6.07, 6.45) is 3.78. The zero-order valence-corrected chi connectivity index (χ0v) is 21.3. The average molecular weight is 486 g/mol. The molecule has 7 heteroatoms. The lowest BCUT2D eigenvalue weighted by Gasteiger charge is -2.29. The van der Waals surface area contributed by atoms with Crippen LogP contribution in [0.15, 0.2) is 36.4 Å². The number of rotatable bonds is 9. The van der Waals surface area contributed by atoms with Crippen LogP contribution in [0.2, 0.25) is 0 Å². The van der Waals surface area contributed by atoms with Crippen LogP contribution in [0.4, 0.5) is 17.1 Å². The molecule has 0 bridgehead atoms. The zero-order chi connectivity index (χ0) is 24.0. The fourth-order valence-electron chi connectivity index (χ4n) is 3.91. The Morgan fingerprint density at radius 3 is 2.55 bits per heavy atom. The maximum absolute atomic E-state index is 11.9. The van der Waals surface area contributed by atoms with E-state index in [0.717, 1.165) is 51.8 Å². The van der Waals surface area contributed by atoms with E-state index in [1.54, 1.807) is 11.8 Å². The van der Waals surface area contributed by atoms with E-state index in [-0.39, 0.29) is 30.4 Å². The predicted octanol–water partition coefficient (Wildman–Crippen LogP) is 5.58. The van der Waals surface area contributed by atoms with Gasteiger partial charge in [0.05, 0.1) is 10.2 Å². The first-order valence-corrected chi connectivity index (χ1v) is 13.0. The number of amides is 1. The van der Waals surface area contributed by atoms with Gasteiger partial charge in [-0.1, -0.05) is 45.1 Å².